The van der Waals surface area contributed by atoms with E-state index in [2.05, 4.69) is 24.8 Å². The first-order valence-electron chi connectivity index (χ1n) is 8.03. The maximum atomic E-state index is 12.1. The highest BCUT2D eigenvalue weighted by Gasteiger charge is 2.17. The molecule has 0 unspecified atom stereocenters. The molecule has 2 aromatic rings. The predicted octanol–water partition coefficient (Wildman–Crippen LogP) is 1.68. The van der Waals surface area contributed by atoms with Gasteiger partial charge in [0.2, 0.25) is 0 Å². The fourth-order valence-electron chi connectivity index (χ4n) is 2.77. The quantitative estimate of drug-likeness (QED) is 0.808. The van der Waals surface area contributed by atoms with Crippen molar-refractivity contribution in [1.82, 2.24) is 14.0 Å². The highest BCUT2D eigenvalue weighted by molar-refractivity contribution is 5.30. The van der Waals surface area contributed by atoms with Gasteiger partial charge in [0.25, 0.3) is 5.56 Å². The lowest BCUT2D eigenvalue weighted by Gasteiger charge is -2.29. The van der Waals surface area contributed by atoms with Gasteiger partial charge in [-0.3, -0.25) is 18.8 Å². The molecule has 0 aliphatic heterocycles. The van der Waals surface area contributed by atoms with Crippen LogP contribution in [0.5, 0.6) is 5.75 Å². The van der Waals surface area contributed by atoms with Crippen LogP contribution in [-0.2, 0) is 20.6 Å². The fraction of sp³-hybridized carbons (Fsp3) is 0.444. The van der Waals surface area contributed by atoms with E-state index < -0.39 is 0 Å². The van der Waals surface area contributed by atoms with Gasteiger partial charge in [0.1, 0.15) is 5.75 Å². The van der Waals surface area contributed by atoms with Crippen LogP contribution < -0.4 is 16.0 Å². The summed E-state index contributed by atoms with van der Waals surface area (Å²) in [6, 6.07) is 9.60. The largest absolute Gasteiger partial charge is 0.497 e. The second-order valence-corrected chi connectivity index (χ2v) is 5.89. The Labute approximate surface area is 141 Å². The Balaban J connectivity index is 2.32. The molecule has 0 bridgehead atoms. The van der Waals surface area contributed by atoms with Crippen LogP contribution in [0.15, 0.2) is 39.9 Å². The second-order valence-electron chi connectivity index (χ2n) is 5.89. The van der Waals surface area contributed by atoms with Gasteiger partial charge in [0, 0.05) is 38.4 Å². The lowest BCUT2D eigenvalue weighted by molar-refractivity contribution is 0.206. The molecule has 0 saturated carbocycles. The van der Waals surface area contributed by atoms with E-state index in [0.29, 0.717) is 12.2 Å². The van der Waals surface area contributed by atoms with E-state index in [1.54, 1.807) is 14.2 Å². The number of methoxy groups -OCH3 is 1. The van der Waals surface area contributed by atoms with Crippen LogP contribution in [0.25, 0.3) is 0 Å². The smallest absolute Gasteiger partial charge is 0.330 e. The summed E-state index contributed by atoms with van der Waals surface area (Å²) in [5, 5.41) is 0. The molecule has 6 heteroatoms. The monoisotopic (exact) mass is 331 g/mol. The van der Waals surface area contributed by atoms with Crippen LogP contribution in [0.3, 0.4) is 0 Å². The molecule has 0 saturated heterocycles. The molecule has 24 heavy (non-hydrogen) atoms. The van der Waals surface area contributed by atoms with E-state index in [4.69, 9.17) is 4.74 Å². The van der Waals surface area contributed by atoms with Crippen molar-refractivity contribution in [3.63, 3.8) is 0 Å². The summed E-state index contributed by atoms with van der Waals surface area (Å²) in [4.78, 5) is 26.2. The third-order valence-corrected chi connectivity index (χ3v) is 4.52. The van der Waals surface area contributed by atoms with Gasteiger partial charge in [-0.1, -0.05) is 19.1 Å². The van der Waals surface area contributed by atoms with E-state index in [0.717, 1.165) is 22.4 Å². The Morgan fingerprint density at radius 2 is 1.88 bits per heavy atom. The number of benzene rings is 1. The van der Waals surface area contributed by atoms with Gasteiger partial charge >= 0.3 is 5.69 Å². The van der Waals surface area contributed by atoms with E-state index in [1.165, 1.54) is 17.7 Å². The molecule has 130 valence electrons. The first-order valence-corrected chi connectivity index (χ1v) is 8.03. The average Bonchev–Trinajstić information content (AvgIpc) is 2.61. The summed E-state index contributed by atoms with van der Waals surface area (Å²) < 4.78 is 7.94. The summed E-state index contributed by atoms with van der Waals surface area (Å²) >= 11 is 0. The highest BCUT2D eigenvalue weighted by atomic mass is 16.5. The molecule has 6 nitrogen and oxygen atoms in total. The molecule has 0 aliphatic carbocycles. The van der Waals surface area contributed by atoms with Crippen LogP contribution >= 0.6 is 0 Å². The minimum Gasteiger partial charge on any atom is -0.497 e. The maximum Gasteiger partial charge on any atom is 0.330 e. The molecule has 0 fully saturated rings. The molecule has 1 aromatic heterocycles. The minimum atomic E-state index is -0.303. The van der Waals surface area contributed by atoms with Crippen LogP contribution in [0.1, 0.15) is 31.1 Å². The van der Waals surface area contributed by atoms with Gasteiger partial charge < -0.3 is 4.74 Å². The molecule has 1 atom stereocenters. The number of nitrogens with zero attached hydrogens (tertiary/aromatic N) is 3. The molecule has 0 aliphatic rings. The molecule has 0 N–H and O–H groups in total. The predicted molar refractivity (Wildman–Crippen MR) is 94.4 cm³/mol. The molecule has 0 radical (unpaired) electrons. The first-order chi connectivity index (χ1) is 11.4. The normalized spacial score (nSPS) is 12.4. The third-order valence-electron chi connectivity index (χ3n) is 4.52. The Hall–Kier alpha value is -2.34. The summed E-state index contributed by atoms with van der Waals surface area (Å²) in [6.07, 6.45) is 0. The van der Waals surface area contributed by atoms with Crippen molar-refractivity contribution in [3.8, 4) is 5.75 Å². The number of aromatic nitrogens is 2. The van der Waals surface area contributed by atoms with E-state index in [1.807, 2.05) is 18.2 Å². The van der Waals surface area contributed by atoms with Gasteiger partial charge in [-0.05, 0) is 31.2 Å². The number of rotatable bonds is 6. The Morgan fingerprint density at radius 3 is 2.50 bits per heavy atom. The maximum absolute atomic E-state index is 12.1. The first kappa shape index (κ1) is 18.0. The molecule has 2 rings (SSSR count). The van der Waals surface area contributed by atoms with Crippen molar-refractivity contribution in [2.24, 2.45) is 14.1 Å². The Bertz CT molecular complexity index is 823. The summed E-state index contributed by atoms with van der Waals surface area (Å²) in [7, 11) is 4.84. The van der Waals surface area contributed by atoms with Crippen molar-refractivity contribution in [3.05, 3.63) is 62.4 Å². The number of hydrogen-bond acceptors (Lipinski definition) is 4. The Kier molecular flexibility index (Phi) is 5.62. The van der Waals surface area contributed by atoms with E-state index >= 15 is 0 Å². The third kappa shape index (κ3) is 3.59. The fourth-order valence-corrected chi connectivity index (χ4v) is 2.77. The molecular weight excluding hydrogens is 306 g/mol. The standard InChI is InChI=1S/C18H25N3O3/c1-6-21(13(2)14-8-7-9-16(10-14)24-5)12-15-11-17(22)20(4)18(23)19(15)3/h7-11,13H,6,12H2,1-5H3/t13-/m0/s1. The van der Waals surface area contributed by atoms with E-state index in [-0.39, 0.29) is 17.3 Å². The zero-order valence-electron chi connectivity index (χ0n) is 14.9. The van der Waals surface area contributed by atoms with Crippen LogP contribution in [0.4, 0.5) is 0 Å². The van der Waals surface area contributed by atoms with Crippen molar-refractivity contribution >= 4 is 0 Å². The molecule has 1 heterocycles. The minimum absolute atomic E-state index is 0.129. The molecule has 0 spiro atoms. The topological polar surface area (TPSA) is 56.5 Å². The summed E-state index contributed by atoms with van der Waals surface area (Å²) in [5.41, 5.74) is 1.26. The van der Waals surface area contributed by atoms with Gasteiger partial charge in [0.15, 0.2) is 0 Å². The zero-order valence-corrected chi connectivity index (χ0v) is 14.9. The number of ether oxygens (including phenoxy) is 1. The summed E-state index contributed by atoms with van der Waals surface area (Å²) in [6.45, 7) is 5.49. The lowest BCUT2D eigenvalue weighted by atomic mass is 10.1. The van der Waals surface area contributed by atoms with Crippen LogP contribution in [0, 0.1) is 0 Å². The zero-order chi connectivity index (χ0) is 17.9. The van der Waals surface area contributed by atoms with Gasteiger partial charge in [-0.25, -0.2) is 4.79 Å². The van der Waals surface area contributed by atoms with Crippen molar-refractivity contribution in [2.75, 3.05) is 13.7 Å². The van der Waals surface area contributed by atoms with E-state index in [9.17, 15) is 9.59 Å². The molecular formula is C18H25N3O3. The van der Waals surface area contributed by atoms with Gasteiger partial charge in [0.05, 0.1) is 7.11 Å². The van der Waals surface area contributed by atoms with Crippen LogP contribution in [-0.4, -0.2) is 27.7 Å². The average molecular weight is 331 g/mol. The van der Waals surface area contributed by atoms with Crippen molar-refractivity contribution < 1.29 is 4.74 Å². The number of hydrogen-bond donors (Lipinski definition) is 0. The lowest BCUT2D eigenvalue weighted by Crippen LogP contribution is -2.39. The van der Waals surface area contributed by atoms with Crippen LogP contribution in [0.2, 0.25) is 0 Å². The Morgan fingerprint density at radius 1 is 1.17 bits per heavy atom. The SMILES string of the molecule is CCN(Cc1cc(=O)n(C)c(=O)n1C)[C@@H](C)c1cccc(OC)c1. The van der Waals surface area contributed by atoms with Gasteiger partial charge in [-0.15, -0.1) is 0 Å². The molecule has 1 aromatic carbocycles. The molecule has 0 amide bonds. The van der Waals surface area contributed by atoms with Gasteiger partial charge in [-0.2, -0.15) is 0 Å². The second kappa shape index (κ2) is 7.49. The van der Waals surface area contributed by atoms with Crippen molar-refractivity contribution in [2.45, 2.75) is 26.4 Å². The summed E-state index contributed by atoms with van der Waals surface area (Å²) in [5.74, 6) is 0.816. The van der Waals surface area contributed by atoms with Crippen molar-refractivity contribution in [1.29, 1.82) is 0 Å². The highest BCUT2D eigenvalue weighted by Crippen LogP contribution is 2.24.